The zero-order chi connectivity index (χ0) is 36.2. The summed E-state index contributed by atoms with van der Waals surface area (Å²) in [6.07, 6.45) is 11.5. The zero-order valence-corrected chi connectivity index (χ0v) is 30.7. The van der Waals surface area contributed by atoms with Crippen LogP contribution in [0.3, 0.4) is 0 Å². The van der Waals surface area contributed by atoms with Crippen molar-refractivity contribution in [1.29, 1.82) is 0 Å². The molecule has 0 amide bonds. The number of hydrogen-bond acceptors (Lipinski definition) is 10. The lowest BCUT2D eigenvalue weighted by Crippen LogP contribution is -2.57. The number of thioether (sulfide) groups is 1. The third-order valence-electron chi connectivity index (χ3n) is 12.3. The number of nitrogens with two attached hydrogens (primary N) is 1. The van der Waals surface area contributed by atoms with E-state index in [9.17, 15) is 27.6 Å². The Hall–Kier alpha value is -3.13. The van der Waals surface area contributed by atoms with Crippen LogP contribution in [0, 0.1) is 28.6 Å². The van der Waals surface area contributed by atoms with Gasteiger partial charge in [-0.3, -0.25) is 14.4 Å². The van der Waals surface area contributed by atoms with E-state index in [4.69, 9.17) is 31.0 Å². The number of hydrogen-bond donors (Lipinski definition) is 3. The summed E-state index contributed by atoms with van der Waals surface area (Å²) in [4.78, 5) is 47.2. The average Bonchev–Trinajstić information content (AvgIpc) is 3.76. The second kappa shape index (κ2) is 13.4. The molecule has 7 atom stereocenters. The van der Waals surface area contributed by atoms with Gasteiger partial charge in [-0.25, -0.2) is 18.4 Å². The molecule has 4 N–H and O–H groups in total. The highest BCUT2D eigenvalue weighted by molar-refractivity contribution is 8.14. The van der Waals surface area contributed by atoms with Crippen LogP contribution in [0.5, 0.6) is 0 Å². The van der Waals surface area contributed by atoms with Gasteiger partial charge in [0.25, 0.3) is 0 Å². The standard InChI is InChI=1S/C24H32O4S.C12H11ClN2O5S/c1-14(25)29-19-13-15-12-16(26)4-8-22(15,2)17-5-9-23(3)18(21(17)19)6-10-24(23)11-7-20(27)28-24;13-9-5-10(15-6-7-2-1-3-20-7)8(12(16)17)4-11(9)21(14,18)19/h12,17-19,21H,4-11,13H2,1-3H3;1-5,15H,6H2,(H,16,17)(H2,14,18,19)/t17-,18-,19+,21+,22-,23-,24+;/m0./s1. The number of nitrogens with one attached hydrogen (secondary N) is 1. The van der Waals surface area contributed by atoms with E-state index in [-0.39, 0.29) is 61.4 Å². The highest BCUT2D eigenvalue weighted by atomic mass is 35.5. The quantitative estimate of drug-likeness (QED) is 0.266. The van der Waals surface area contributed by atoms with Crippen LogP contribution in [-0.2, 0) is 35.7 Å². The van der Waals surface area contributed by atoms with E-state index >= 15 is 0 Å². The Labute approximate surface area is 301 Å². The molecule has 2 heterocycles. The van der Waals surface area contributed by atoms with Crippen LogP contribution in [0.2, 0.25) is 5.02 Å². The molecule has 50 heavy (non-hydrogen) atoms. The van der Waals surface area contributed by atoms with Gasteiger partial charge in [-0.1, -0.05) is 42.8 Å². The molecule has 4 aliphatic carbocycles. The Morgan fingerprint density at radius 2 is 1.84 bits per heavy atom. The summed E-state index contributed by atoms with van der Waals surface area (Å²) in [6.45, 7) is 6.64. The molecule has 1 aromatic carbocycles. The Bertz CT molecular complexity index is 1860. The number of carbonyl (C=O) groups is 4. The fraction of sp³-hybridized carbons (Fsp3) is 0.556. The molecule has 1 aliphatic heterocycles. The van der Waals surface area contributed by atoms with Crippen molar-refractivity contribution in [2.24, 2.45) is 33.7 Å². The Kier molecular flexibility index (Phi) is 9.86. The number of carboxylic acid groups (broad SMARTS) is 1. The van der Waals surface area contributed by atoms with Gasteiger partial charge < -0.3 is 19.6 Å². The van der Waals surface area contributed by atoms with Crippen LogP contribution in [0.1, 0.15) is 94.7 Å². The first-order valence-corrected chi connectivity index (χ1v) is 19.8. The summed E-state index contributed by atoms with van der Waals surface area (Å²) in [5.41, 5.74) is 1.00. The van der Waals surface area contributed by atoms with Gasteiger partial charge in [0, 0.05) is 30.4 Å². The third kappa shape index (κ3) is 6.54. The molecule has 1 spiro atoms. The van der Waals surface area contributed by atoms with Crippen LogP contribution in [-0.4, -0.2) is 47.2 Å². The maximum atomic E-state index is 12.2. The summed E-state index contributed by atoms with van der Waals surface area (Å²) in [5.74, 6) is 0.946. The van der Waals surface area contributed by atoms with E-state index in [1.807, 2.05) is 6.08 Å². The van der Waals surface area contributed by atoms with Gasteiger partial charge in [0.15, 0.2) is 10.9 Å². The van der Waals surface area contributed by atoms with Crippen molar-refractivity contribution in [2.75, 3.05) is 5.32 Å². The molecule has 3 saturated carbocycles. The van der Waals surface area contributed by atoms with Crippen LogP contribution < -0.4 is 10.5 Å². The number of esters is 1. The van der Waals surface area contributed by atoms with E-state index in [0.29, 0.717) is 36.4 Å². The normalized spacial score (nSPS) is 32.9. The first-order valence-electron chi connectivity index (χ1n) is 17.0. The number of ether oxygens (including phenoxy) is 1. The van der Waals surface area contributed by atoms with Crippen molar-refractivity contribution in [3.05, 3.63) is 58.5 Å². The molecular weight excluding hydrogens is 704 g/mol. The fourth-order valence-electron chi connectivity index (χ4n) is 9.82. The molecule has 1 saturated heterocycles. The van der Waals surface area contributed by atoms with Gasteiger partial charge >= 0.3 is 11.9 Å². The van der Waals surface area contributed by atoms with Crippen molar-refractivity contribution in [1.82, 2.24) is 0 Å². The second-order valence-electron chi connectivity index (χ2n) is 14.8. The average molecular weight is 747 g/mol. The van der Waals surface area contributed by atoms with Crippen molar-refractivity contribution in [2.45, 2.75) is 101 Å². The lowest BCUT2D eigenvalue weighted by atomic mass is 9.46. The number of carboxylic acids is 1. The van der Waals surface area contributed by atoms with E-state index in [1.54, 1.807) is 19.1 Å². The molecular formula is C36H43ClN2O9S2. The van der Waals surface area contributed by atoms with Gasteiger partial charge in [0.2, 0.25) is 10.0 Å². The number of carbonyl (C=O) groups excluding carboxylic acids is 3. The number of halogens is 1. The molecule has 4 fully saturated rings. The van der Waals surface area contributed by atoms with Gasteiger partial charge in [-0.2, -0.15) is 0 Å². The van der Waals surface area contributed by atoms with Crippen LogP contribution in [0.4, 0.5) is 5.69 Å². The number of sulfonamides is 1. The molecule has 5 aliphatic rings. The van der Waals surface area contributed by atoms with Crippen LogP contribution in [0.25, 0.3) is 0 Å². The number of fused-ring (bicyclic) bond motifs is 6. The van der Waals surface area contributed by atoms with E-state index < -0.39 is 20.9 Å². The highest BCUT2D eigenvalue weighted by Crippen LogP contribution is 2.70. The summed E-state index contributed by atoms with van der Waals surface area (Å²) in [5, 5.41) is 17.2. The summed E-state index contributed by atoms with van der Waals surface area (Å²) in [6, 6.07) is 5.51. The number of anilines is 1. The van der Waals surface area contributed by atoms with Gasteiger partial charge in [-0.05, 0) is 98.5 Å². The van der Waals surface area contributed by atoms with Gasteiger partial charge in [-0.15, -0.1) is 0 Å². The minimum Gasteiger partial charge on any atom is -0.478 e. The number of aromatic carboxylic acids is 1. The van der Waals surface area contributed by atoms with Crippen molar-refractivity contribution in [3.8, 4) is 0 Å². The third-order valence-corrected chi connectivity index (χ3v) is 14.7. The van der Waals surface area contributed by atoms with Crippen molar-refractivity contribution >= 4 is 61.9 Å². The first-order chi connectivity index (χ1) is 23.5. The van der Waals surface area contributed by atoms with Gasteiger partial charge in [0.1, 0.15) is 16.3 Å². The molecule has 14 heteroatoms. The largest absolute Gasteiger partial charge is 0.478 e. The van der Waals surface area contributed by atoms with E-state index in [2.05, 4.69) is 19.2 Å². The maximum absolute atomic E-state index is 12.2. The lowest BCUT2D eigenvalue weighted by molar-refractivity contribution is -0.167. The van der Waals surface area contributed by atoms with Crippen LogP contribution in [0.15, 0.2) is 51.5 Å². The molecule has 2 aromatic rings. The molecule has 0 bridgehead atoms. The first kappa shape index (κ1) is 36.7. The minimum absolute atomic E-state index is 0.0119. The summed E-state index contributed by atoms with van der Waals surface area (Å²) in [7, 11) is -4.11. The molecule has 0 unspecified atom stereocenters. The Balaban J connectivity index is 0.000000183. The highest BCUT2D eigenvalue weighted by Gasteiger charge is 2.68. The predicted octanol–water partition coefficient (Wildman–Crippen LogP) is 6.74. The number of primary sulfonamides is 1. The predicted molar refractivity (Wildman–Crippen MR) is 188 cm³/mol. The Morgan fingerprint density at radius 1 is 1.10 bits per heavy atom. The number of rotatable bonds is 6. The molecule has 1 aromatic heterocycles. The zero-order valence-electron chi connectivity index (χ0n) is 28.3. The number of ketones is 1. The van der Waals surface area contributed by atoms with E-state index in [1.165, 1.54) is 29.7 Å². The topological polar surface area (TPSA) is 183 Å². The number of allylic oxidation sites excluding steroid dienone is 1. The summed E-state index contributed by atoms with van der Waals surface area (Å²) < 4.78 is 33.9. The molecule has 7 rings (SSSR count). The SMILES string of the molecule is CC(=O)S[C@@H]1CC2=CC(=O)CC[C@]2(C)[C@H]2CC[C@@]3(C)[C@@H](CC[C@@]34CCC(=O)O4)[C@H]12.NS(=O)(=O)c1cc(C(=O)O)c(NCc2ccco2)cc1Cl. The monoisotopic (exact) mass is 746 g/mol. The fourth-order valence-corrected chi connectivity index (χ4v) is 12.1. The summed E-state index contributed by atoms with van der Waals surface area (Å²) >= 11 is 7.33. The van der Waals surface area contributed by atoms with Crippen molar-refractivity contribution in [3.63, 3.8) is 0 Å². The van der Waals surface area contributed by atoms with Crippen molar-refractivity contribution < 1.29 is 41.9 Å². The van der Waals surface area contributed by atoms with Crippen LogP contribution >= 0.6 is 23.4 Å². The maximum Gasteiger partial charge on any atom is 0.337 e. The molecule has 11 nitrogen and oxygen atoms in total. The molecule has 270 valence electrons. The smallest absolute Gasteiger partial charge is 0.337 e. The second-order valence-corrected chi connectivity index (χ2v) is 18.1. The lowest BCUT2D eigenvalue weighted by Gasteiger charge is -2.61. The minimum atomic E-state index is -4.11. The number of benzene rings is 1. The number of furan rings is 1. The van der Waals surface area contributed by atoms with Gasteiger partial charge in [0.05, 0.1) is 29.1 Å². The van der Waals surface area contributed by atoms with E-state index in [0.717, 1.165) is 51.0 Å². The molecule has 0 radical (unpaired) electrons. The Morgan fingerprint density at radius 3 is 2.46 bits per heavy atom.